The molecule has 0 aliphatic carbocycles. The molecule has 1 unspecified atom stereocenters. The van der Waals surface area contributed by atoms with E-state index in [0.29, 0.717) is 11.3 Å². The lowest BCUT2D eigenvalue weighted by atomic mass is 10.1. The number of hydrogen-bond donors (Lipinski definition) is 1. The van der Waals surface area contributed by atoms with Gasteiger partial charge in [-0.2, -0.15) is 0 Å². The number of benzene rings is 1. The smallest absolute Gasteiger partial charge is 0.245 e. The average Bonchev–Trinajstić information content (AvgIpc) is 2.74. The fourth-order valence-corrected chi connectivity index (χ4v) is 2.00. The van der Waals surface area contributed by atoms with E-state index in [1.165, 1.54) is 10.9 Å². The predicted octanol–water partition coefficient (Wildman–Crippen LogP) is 1.17. The van der Waals surface area contributed by atoms with E-state index in [0.717, 1.165) is 0 Å². The molecule has 0 aliphatic rings. The van der Waals surface area contributed by atoms with Crippen LogP contribution in [0.3, 0.4) is 0 Å². The van der Waals surface area contributed by atoms with Gasteiger partial charge >= 0.3 is 0 Å². The summed E-state index contributed by atoms with van der Waals surface area (Å²) in [6.07, 6.45) is 0.439. The van der Waals surface area contributed by atoms with Gasteiger partial charge in [0.15, 0.2) is 0 Å². The van der Waals surface area contributed by atoms with Gasteiger partial charge in [-0.25, -0.2) is 0 Å². The highest BCUT2D eigenvalue weighted by molar-refractivity contribution is 9.24. The molecule has 0 fully saturated rings. The van der Waals surface area contributed by atoms with Crippen molar-refractivity contribution in [2.45, 2.75) is 9.84 Å². The van der Waals surface area contributed by atoms with Crippen molar-refractivity contribution in [3.8, 4) is 11.6 Å². The first-order valence-electron chi connectivity index (χ1n) is 4.71. The lowest BCUT2D eigenvalue weighted by Gasteiger charge is -2.11. The van der Waals surface area contributed by atoms with Gasteiger partial charge in [0.1, 0.15) is 12.1 Å². The van der Waals surface area contributed by atoms with E-state index in [1.54, 1.807) is 24.3 Å². The minimum absolute atomic E-state index is 0.296. The van der Waals surface area contributed by atoms with Crippen LogP contribution in [-0.4, -0.2) is 14.1 Å². The Morgan fingerprint density at radius 1 is 1.35 bits per heavy atom. The number of rotatable bonds is 3. The van der Waals surface area contributed by atoms with Gasteiger partial charge in [0, 0.05) is 6.07 Å². The van der Waals surface area contributed by atoms with Crippen molar-refractivity contribution in [2.24, 2.45) is 0 Å². The van der Waals surface area contributed by atoms with Crippen molar-refractivity contribution >= 4 is 31.9 Å². The molecule has 7 heteroatoms. The molecule has 0 bridgehead atoms. The number of aliphatic hydroxyl groups excluding tert-OH is 1. The summed E-state index contributed by atoms with van der Waals surface area (Å²) in [7, 11) is 0. The lowest BCUT2D eigenvalue weighted by Crippen LogP contribution is -2.33. The molecular weight excluding hydrogens is 356 g/mol. The molecule has 0 spiro atoms. The van der Waals surface area contributed by atoms with Crippen LogP contribution in [0.2, 0.25) is 0 Å². The molecule has 1 atom stereocenters. The van der Waals surface area contributed by atoms with Crippen LogP contribution in [0.15, 0.2) is 35.0 Å². The Labute approximate surface area is 114 Å². The SMILES string of the molecule is [O-]c1c[n+](-c2ccccc2C(O)C(Br)Br)no1. The van der Waals surface area contributed by atoms with Gasteiger partial charge in [0.2, 0.25) is 11.9 Å². The summed E-state index contributed by atoms with van der Waals surface area (Å²) in [5.41, 5.74) is 1.22. The van der Waals surface area contributed by atoms with Crippen LogP contribution in [-0.2, 0) is 0 Å². The standard InChI is InChI=1S/C10H8Br2N2O3/c11-10(12)9(16)6-3-1-2-4-7(6)14-5-8(15)17-13-14/h1-5,9-10,16H. The van der Waals surface area contributed by atoms with Crippen LogP contribution in [0.1, 0.15) is 11.7 Å². The molecule has 0 saturated carbocycles. The summed E-state index contributed by atoms with van der Waals surface area (Å²) >= 11 is 6.48. The van der Waals surface area contributed by atoms with Gasteiger partial charge in [0.05, 0.1) is 14.6 Å². The van der Waals surface area contributed by atoms with E-state index >= 15 is 0 Å². The first kappa shape index (κ1) is 12.5. The maximum Gasteiger partial charge on any atom is 0.245 e. The molecule has 90 valence electrons. The van der Waals surface area contributed by atoms with E-state index < -0.39 is 12.1 Å². The number of aliphatic hydroxyl groups is 1. The Bertz CT molecular complexity index is 516. The zero-order chi connectivity index (χ0) is 12.4. The highest BCUT2D eigenvalue weighted by Crippen LogP contribution is 2.29. The molecule has 0 saturated heterocycles. The van der Waals surface area contributed by atoms with Crippen LogP contribution in [0.4, 0.5) is 0 Å². The van der Waals surface area contributed by atoms with Gasteiger partial charge < -0.3 is 14.7 Å². The van der Waals surface area contributed by atoms with Crippen LogP contribution in [0, 0.1) is 0 Å². The Morgan fingerprint density at radius 2 is 2.06 bits per heavy atom. The third-order valence-electron chi connectivity index (χ3n) is 2.19. The fraction of sp³-hybridized carbons (Fsp3) is 0.200. The second-order valence-electron chi connectivity index (χ2n) is 3.30. The topological polar surface area (TPSA) is 73.2 Å². The summed E-state index contributed by atoms with van der Waals surface area (Å²) in [4.78, 5) is 0. The van der Waals surface area contributed by atoms with Gasteiger partial charge in [0.25, 0.3) is 0 Å². The summed E-state index contributed by atoms with van der Waals surface area (Å²) in [6, 6.07) is 7.07. The van der Waals surface area contributed by atoms with E-state index in [-0.39, 0.29) is 3.74 Å². The molecular formula is C10H8Br2N2O3. The molecule has 2 rings (SSSR count). The van der Waals surface area contributed by atoms with Gasteiger partial charge in [-0.15, -0.1) is 0 Å². The second-order valence-corrected chi connectivity index (χ2v) is 6.51. The maximum absolute atomic E-state index is 10.9. The Morgan fingerprint density at radius 3 is 2.65 bits per heavy atom. The number of hydrogen-bond acceptors (Lipinski definition) is 4. The van der Waals surface area contributed by atoms with Gasteiger partial charge in [-0.3, -0.25) is 0 Å². The van der Waals surface area contributed by atoms with Crippen molar-refractivity contribution < 1.29 is 19.4 Å². The van der Waals surface area contributed by atoms with Crippen LogP contribution in [0.5, 0.6) is 5.95 Å². The molecule has 0 amide bonds. The molecule has 5 nitrogen and oxygen atoms in total. The number of aromatic nitrogens is 2. The van der Waals surface area contributed by atoms with E-state index in [4.69, 9.17) is 0 Å². The number of halogens is 2. The predicted molar refractivity (Wildman–Crippen MR) is 64.1 cm³/mol. The van der Waals surface area contributed by atoms with E-state index in [9.17, 15) is 10.2 Å². The number of nitrogens with zero attached hydrogens (tertiary/aromatic N) is 2. The Hall–Kier alpha value is -0.920. The zero-order valence-electron chi connectivity index (χ0n) is 8.46. The molecule has 17 heavy (non-hydrogen) atoms. The summed E-state index contributed by atoms with van der Waals surface area (Å²) in [6.45, 7) is 0. The monoisotopic (exact) mass is 362 g/mol. The normalized spacial score (nSPS) is 12.9. The van der Waals surface area contributed by atoms with Crippen LogP contribution >= 0.6 is 31.9 Å². The average molecular weight is 364 g/mol. The van der Waals surface area contributed by atoms with E-state index in [1.807, 2.05) is 0 Å². The Balaban J connectivity index is 2.47. The minimum Gasteiger partial charge on any atom is -0.539 e. The van der Waals surface area contributed by atoms with Crippen molar-refractivity contribution in [3.05, 3.63) is 36.0 Å². The van der Waals surface area contributed by atoms with Crippen molar-refractivity contribution in [3.63, 3.8) is 0 Å². The van der Waals surface area contributed by atoms with Crippen molar-refractivity contribution in [2.75, 3.05) is 0 Å². The van der Waals surface area contributed by atoms with Crippen molar-refractivity contribution in [1.29, 1.82) is 0 Å². The minimum atomic E-state index is -0.773. The third-order valence-corrected chi connectivity index (χ3v) is 3.19. The number of para-hydroxylation sites is 1. The fourth-order valence-electron chi connectivity index (χ4n) is 1.43. The van der Waals surface area contributed by atoms with Gasteiger partial charge in [-0.05, 0) is 10.7 Å². The maximum atomic E-state index is 10.9. The third kappa shape index (κ3) is 2.67. The zero-order valence-corrected chi connectivity index (χ0v) is 11.6. The van der Waals surface area contributed by atoms with Crippen LogP contribution < -0.4 is 9.79 Å². The highest BCUT2D eigenvalue weighted by atomic mass is 79.9. The summed E-state index contributed by atoms with van der Waals surface area (Å²) in [5, 5.41) is 24.5. The summed E-state index contributed by atoms with van der Waals surface area (Å²) < 4.78 is 5.47. The lowest BCUT2D eigenvalue weighted by molar-refractivity contribution is -0.671. The molecule has 0 aliphatic heterocycles. The highest BCUT2D eigenvalue weighted by Gasteiger charge is 2.24. The molecule has 1 N–H and O–H groups in total. The first-order valence-corrected chi connectivity index (χ1v) is 6.54. The van der Waals surface area contributed by atoms with Crippen LogP contribution in [0.25, 0.3) is 5.69 Å². The first-order chi connectivity index (χ1) is 8.09. The molecule has 2 aromatic rings. The molecule has 0 radical (unpaired) electrons. The Kier molecular flexibility index (Phi) is 3.80. The number of alkyl halides is 2. The van der Waals surface area contributed by atoms with Gasteiger partial charge in [-0.1, -0.05) is 44.0 Å². The molecule has 1 aromatic heterocycles. The molecule has 1 heterocycles. The second kappa shape index (κ2) is 5.16. The largest absolute Gasteiger partial charge is 0.539 e. The quantitative estimate of drug-likeness (QED) is 0.656. The summed E-state index contributed by atoms with van der Waals surface area (Å²) in [5.74, 6) is -0.538. The van der Waals surface area contributed by atoms with E-state index in [2.05, 4.69) is 41.7 Å². The molecule has 1 aromatic carbocycles. The van der Waals surface area contributed by atoms with Crippen molar-refractivity contribution in [1.82, 2.24) is 5.27 Å².